The number of hydrogen-bond donors (Lipinski definition) is 2. The zero-order valence-electron chi connectivity index (χ0n) is 16.1. The van der Waals surface area contributed by atoms with E-state index in [2.05, 4.69) is 57.5 Å². The average Bonchev–Trinajstić information content (AvgIpc) is 2.59. The van der Waals surface area contributed by atoms with Crippen molar-refractivity contribution in [2.24, 2.45) is 5.92 Å². The van der Waals surface area contributed by atoms with Gasteiger partial charge in [-0.3, -0.25) is 4.79 Å². The zero-order chi connectivity index (χ0) is 19.3. The molecule has 1 heterocycles. The van der Waals surface area contributed by atoms with E-state index in [1.54, 1.807) is 0 Å². The Morgan fingerprint density at radius 1 is 1.04 bits per heavy atom. The predicted octanol–water partition coefficient (Wildman–Crippen LogP) is 3.73. The first-order valence-corrected chi connectivity index (χ1v) is 10.5. The molecule has 0 spiro atoms. The SMILES string of the molecule is CC(C)NC(=O)NC(C(=O)N1CCC(c2ccc(I)cc2)CC1)C(C)C. The molecule has 1 aliphatic rings. The molecule has 26 heavy (non-hydrogen) atoms. The van der Waals surface area contributed by atoms with E-state index in [0.29, 0.717) is 5.92 Å². The van der Waals surface area contributed by atoms with Crippen molar-refractivity contribution >= 4 is 34.5 Å². The van der Waals surface area contributed by atoms with Gasteiger partial charge in [0.2, 0.25) is 5.91 Å². The number of nitrogens with one attached hydrogen (secondary N) is 2. The maximum atomic E-state index is 12.9. The quantitative estimate of drug-likeness (QED) is 0.644. The van der Waals surface area contributed by atoms with Gasteiger partial charge in [0.05, 0.1) is 0 Å². The molecule has 1 atom stereocenters. The minimum absolute atomic E-state index is 0.0277. The van der Waals surface area contributed by atoms with Gasteiger partial charge in [0.15, 0.2) is 0 Å². The van der Waals surface area contributed by atoms with Crippen LogP contribution in [0.3, 0.4) is 0 Å². The number of piperidine rings is 1. The van der Waals surface area contributed by atoms with E-state index in [9.17, 15) is 9.59 Å². The summed E-state index contributed by atoms with van der Waals surface area (Å²) in [6, 6.07) is 7.95. The first-order chi connectivity index (χ1) is 12.3. The number of amides is 3. The molecular weight excluding hydrogens is 441 g/mol. The minimum Gasteiger partial charge on any atom is -0.341 e. The van der Waals surface area contributed by atoms with E-state index in [4.69, 9.17) is 0 Å². The Morgan fingerprint density at radius 3 is 2.12 bits per heavy atom. The van der Waals surface area contributed by atoms with Crippen LogP contribution in [0.25, 0.3) is 0 Å². The Morgan fingerprint density at radius 2 is 1.62 bits per heavy atom. The van der Waals surface area contributed by atoms with Gasteiger partial charge in [-0.1, -0.05) is 26.0 Å². The van der Waals surface area contributed by atoms with Crippen LogP contribution < -0.4 is 10.6 Å². The molecule has 1 unspecified atom stereocenters. The third-order valence-electron chi connectivity index (χ3n) is 4.79. The van der Waals surface area contributed by atoms with Crippen LogP contribution in [-0.2, 0) is 4.79 Å². The maximum Gasteiger partial charge on any atom is 0.315 e. The number of benzene rings is 1. The van der Waals surface area contributed by atoms with Crippen molar-refractivity contribution in [2.75, 3.05) is 13.1 Å². The molecule has 0 aromatic heterocycles. The van der Waals surface area contributed by atoms with Crippen molar-refractivity contribution < 1.29 is 9.59 Å². The van der Waals surface area contributed by atoms with Crippen LogP contribution in [0.15, 0.2) is 24.3 Å². The summed E-state index contributed by atoms with van der Waals surface area (Å²) in [6.45, 7) is 9.23. The van der Waals surface area contributed by atoms with Crippen molar-refractivity contribution in [1.82, 2.24) is 15.5 Å². The van der Waals surface area contributed by atoms with Gasteiger partial charge in [0.1, 0.15) is 6.04 Å². The predicted molar refractivity (Wildman–Crippen MR) is 113 cm³/mol. The maximum absolute atomic E-state index is 12.9. The molecule has 0 aliphatic carbocycles. The second kappa shape index (κ2) is 9.58. The van der Waals surface area contributed by atoms with Crippen LogP contribution in [0.4, 0.5) is 4.79 Å². The third kappa shape index (κ3) is 5.86. The lowest BCUT2D eigenvalue weighted by molar-refractivity contribution is -0.135. The topological polar surface area (TPSA) is 61.4 Å². The minimum atomic E-state index is -0.483. The summed E-state index contributed by atoms with van der Waals surface area (Å²) >= 11 is 2.32. The fourth-order valence-corrected chi connectivity index (χ4v) is 3.68. The van der Waals surface area contributed by atoms with Crippen LogP contribution >= 0.6 is 22.6 Å². The van der Waals surface area contributed by atoms with Gasteiger partial charge in [-0.25, -0.2) is 4.79 Å². The van der Waals surface area contributed by atoms with Gasteiger partial charge < -0.3 is 15.5 Å². The van der Waals surface area contributed by atoms with E-state index in [1.807, 2.05) is 32.6 Å². The second-order valence-corrected chi connectivity index (χ2v) is 8.89. The van der Waals surface area contributed by atoms with E-state index in [1.165, 1.54) is 9.13 Å². The number of rotatable bonds is 5. The standard InChI is InChI=1S/C20H30IN3O2/c1-13(2)18(23-20(26)22-14(3)4)19(25)24-11-9-16(10-12-24)15-5-7-17(21)8-6-15/h5-8,13-14,16,18H,9-12H2,1-4H3,(H2,22,23,26). The second-order valence-electron chi connectivity index (χ2n) is 7.65. The Kier molecular flexibility index (Phi) is 7.73. The fraction of sp³-hybridized carbons (Fsp3) is 0.600. The van der Waals surface area contributed by atoms with Gasteiger partial charge in [0, 0.05) is 22.7 Å². The molecule has 0 bridgehead atoms. The Balaban J connectivity index is 1.94. The summed E-state index contributed by atoms with van der Waals surface area (Å²) in [5.41, 5.74) is 1.35. The number of urea groups is 1. The van der Waals surface area contributed by atoms with Crippen LogP contribution in [-0.4, -0.2) is 42.0 Å². The molecule has 1 aromatic carbocycles. The molecule has 1 aliphatic heterocycles. The largest absolute Gasteiger partial charge is 0.341 e. The average molecular weight is 471 g/mol. The normalized spacial score (nSPS) is 16.7. The first kappa shape index (κ1) is 21.0. The van der Waals surface area contributed by atoms with Crippen LogP contribution in [0.2, 0.25) is 0 Å². The molecule has 2 rings (SSSR count). The van der Waals surface area contributed by atoms with Crippen molar-refractivity contribution in [1.29, 1.82) is 0 Å². The molecule has 6 heteroatoms. The summed E-state index contributed by atoms with van der Waals surface area (Å²) in [6.07, 6.45) is 1.94. The van der Waals surface area contributed by atoms with Gasteiger partial charge in [-0.05, 0) is 78.8 Å². The molecule has 144 valence electrons. The number of carbonyl (C=O) groups excluding carboxylic acids is 2. The zero-order valence-corrected chi connectivity index (χ0v) is 18.2. The van der Waals surface area contributed by atoms with Crippen molar-refractivity contribution in [3.05, 3.63) is 33.4 Å². The van der Waals surface area contributed by atoms with Gasteiger partial charge in [-0.2, -0.15) is 0 Å². The van der Waals surface area contributed by atoms with Crippen molar-refractivity contribution in [3.63, 3.8) is 0 Å². The van der Waals surface area contributed by atoms with Gasteiger partial charge in [0.25, 0.3) is 0 Å². The lowest BCUT2D eigenvalue weighted by Gasteiger charge is -2.35. The number of hydrogen-bond acceptors (Lipinski definition) is 2. The van der Waals surface area contributed by atoms with Gasteiger partial charge >= 0.3 is 6.03 Å². The lowest BCUT2D eigenvalue weighted by atomic mass is 9.89. The highest BCUT2D eigenvalue weighted by molar-refractivity contribution is 14.1. The monoisotopic (exact) mass is 471 g/mol. The molecule has 0 saturated carbocycles. The number of carbonyl (C=O) groups is 2. The van der Waals surface area contributed by atoms with Crippen LogP contribution in [0.1, 0.15) is 52.0 Å². The smallest absolute Gasteiger partial charge is 0.315 e. The van der Waals surface area contributed by atoms with Crippen molar-refractivity contribution in [3.8, 4) is 0 Å². The highest BCUT2D eigenvalue weighted by Crippen LogP contribution is 2.29. The van der Waals surface area contributed by atoms with E-state index >= 15 is 0 Å². The summed E-state index contributed by atoms with van der Waals surface area (Å²) in [4.78, 5) is 26.9. The van der Waals surface area contributed by atoms with Crippen molar-refractivity contribution in [2.45, 2.75) is 58.5 Å². The highest BCUT2D eigenvalue weighted by Gasteiger charge is 2.31. The van der Waals surface area contributed by atoms with E-state index in [0.717, 1.165) is 25.9 Å². The highest BCUT2D eigenvalue weighted by atomic mass is 127. The Labute approximate surface area is 170 Å². The molecule has 5 nitrogen and oxygen atoms in total. The number of halogens is 1. The fourth-order valence-electron chi connectivity index (χ4n) is 3.32. The van der Waals surface area contributed by atoms with E-state index in [-0.39, 0.29) is 23.9 Å². The molecule has 1 saturated heterocycles. The van der Waals surface area contributed by atoms with E-state index < -0.39 is 6.04 Å². The summed E-state index contributed by atoms with van der Waals surface area (Å²) < 4.78 is 1.24. The summed E-state index contributed by atoms with van der Waals surface area (Å²) in [7, 11) is 0. The third-order valence-corrected chi connectivity index (χ3v) is 5.51. The molecule has 2 N–H and O–H groups in total. The lowest BCUT2D eigenvalue weighted by Crippen LogP contribution is -2.55. The Hall–Kier alpha value is -1.31. The number of nitrogens with zero attached hydrogens (tertiary/aromatic N) is 1. The van der Waals surface area contributed by atoms with Gasteiger partial charge in [-0.15, -0.1) is 0 Å². The van der Waals surface area contributed by atoms with Crippen LogP contribution in [0.5, 0.6) is 0 Å². The molecule has 1 aromatic rings. The molecular formula is C20H30IN3O2. The summed E-state index contributed by atoms with van der Waals surface area (Å²) in [5.74, 6) is 0.583. The molecule has 1 fully saturated rings. The molecule has 0 radical (unpaired) electrons. The first-order valence-electron chi connectivity index (χ1n) is 9.39. The molecule has 3 amide bonds. The van der Waals surface area contributed by atoms with Crippen LogP contribution in [0, 0.1) is 9.49 Å². The summed E-state index contributed by atoms with van der Waals surface area (Å²) in [5, 5.41) is 5.65. The number of likely N-dealkylation sites (tertiary alicyclic amines) is 1. The Bertz CT molecular complexity index is 608.